The summed E-state index contributed by atoms with van der Waals surface area (Å²) in [5.41, 5.74) is 13.4. The van der Waals surface area contributed by atoms with Crippen LogP contribution in [0.2, 0.25) is 0 Å². The van der Waals surface area contributed by atoms with Crippen molar-refractivity contribution < 1.29 is 0 Å². The molecule has 0 spiro atoms. The lowest BCUT2D eigenvalue weighted by Gasteiger charge is -2.15. The van der Waals surface area contributed by atoms with E-state index in [-0.39, 0.29) is 0 Å². The molecule has 1 heterocycles. The van der Waals surface area contributed by atoms with Gasteiger partial charge in [-0.15, -0.1) is 0 Å². The zero-order valence-electron chi connectivity index (χ0n) is 12.4. The molecule has 0 atom stereocenters. The summed E-state index contributed by atoms with van der Waals surface area (Å²) in [4.78, 5) is 4.83. The normalized spacial score (nSPS) is 13.0. The van der Waals surface area contributed by atoms with Crippen LogP contribution in [-0.2, 0) is 12.8 Å². The zero-order chi connectivity index (χ0) is 15.0. The average Bonchev–Trinajstić information content (AvgIpc) is 2.84. The predicted octanol–water partition coefficient (Wildman–Crippen LogP) is 3.56. The Kier molecular flexibility index (Phi) is 3.64. The molecule has 1 aliphatic carbocycles. The van der Waals surface area contributed by atoms with E-state index in [0.29, 0.717) is 4.99 Å². The van der Waals surface area contributed by atoms with Crippen LogP contribution >= 0.6 is 12.2 Å². The van der Waals surface area contributed by atoms with E-state index in [1.807, 2.05) is 19.9 Å². The van der Waals surface area contributed by atoms with Gasteiger partial charge in [0, 0.05) is 17.1 Å². The van der Waals surface area contributed by atoms with E-state index in [0.717, 1.165) is 28.3 Å². The minimum atomic E-state index is 0.378. The summed E-state index contributed by atoms with van der Waals surface area (Å²) in [6.45, 7) is 3.92. The van der Waals surface area contributed by atoms with Crippen molar-refractivity contribution in [1.29, 1.82) is 0 Å². The molecule has 108 valence electrons. The maximum atomic E-state index is 5.86. The SMILES string of the molecule is Cc1cc(Nc2ccc3c(c2)CCC3)c(C(N)=S)c(C)n1. The number of aromatic nitrogens is 1. The lowest BCUT2D eigenvalue weighted by atomic mass is 10.1. The predicted molar refractivity (Wildman–Crippen MR) is 91.3 cm³/mol. The second-order valence-corrected chi connectivity index (χ2v) is 6.04. The van der Waals surface area contributed by atoms with Crippen molar-refractivity contribution in [3.8, 4) is 0 Å². The molecule has 0 radical (unpaired) electrons. The topological polar surface area (TPSA) is 50.9 Å². The number of nitrogens with two attached hydrogens (primary N) is 1. The van der Waals surface area contributed by atoms with E-state index < -0.39 is 0 Å². The van der Waals surface area contributed by atoms with Gasteiger partial charge in [0.2, 0.25) is 0 Å². The van der Waals surface area contributed by atoms with Crippen molar-refractivity contribution in [2.75, 3.05) is 5.32 Å². The number of thiocarbonyl (C=S) groups is 1. The Labute approximate surface area is 130 Å². The molecule has 1 aliphatic rings. The first-order chi connectivity index (χ1) is 10.0. The number of pyridine rings is 1. The van der Waals surface area contributed by atoms with Crippen LogP contribution in [0.4, 0.5) is 11.4 Å². The van der Waals surface area contributed by atoms with Gasteiger partial charge in [0.15, 0.2) is 0 Å². The molecular weight excluding hydrogens is 278 g/mol. The lowest BCUT2D eigenvalue weighted by Crippen LogP contribution is -2.15. The third-order valence-corrected chi connectivity index (χ3v) is 4.16. The fourth-order valence-electron chi connectivity index (χ4n) is 3.04. The Morgan fingerprint density at radius 2 is 1.95 bits per heavy atom. The van der Waals surface area contributed by atoms with Gasteiger partial charge < -0.3 is 11.1 Å². The lowest BCUT2D eigenvalue weighted by molar-refractivity contribution is 0.912. The average molecular weight is 297 g/mol. The molecule has 0 saturated heterocycles. The molecule has 0 fully saturated rings. The maximum Gasteiger partial charge on any atom is 0.107 e. The molecule has 4 heteroatoms. The quantitative estimate of drug-likeness (QED) is 0.851. The molecule has 2 aromatic rings. The van der Waals surface area contributed by atoms with Gasteiger partial charge >= 0.3 is 0 Å². The largest absolute Gasteiger partial charge is 0.389 e. The smallest absolute Gasteiger partial charge is 0.107 e. The van der Waals surface area contributed by atoms with Crippen LogP contribution in [-0.4, -0.2) is 9.97 Å². The standard InChI is InChI=1S/C17H19N3S/c1-10-8-15(16(17(18)21)11(2)19-10)20-14-7-6-12-4-3-5-13(12)9-14/h6-9H,3-5H2,1-2H3,(H2,18,21)(H,19,20). The summed E-state index contributed by atoms with van der Waals surface area (Å²) >= 11 is 5.17. The van der Waals surface area contributed by atoms with Gasteiger partial charge in [-0.25, -0.2) is 0 Å². The van der Waals surface area contributed by atoms with Crippen molar-refractivity contribution in [2.45, 2.75) is 33.1 Å². The Bertz CT molecular complexity index is 722. The number of aryl methyl sites for hydroxylation is 4. The van der Waals surface area contributed by atoms with Gasteiger partial charge in [-0.1, -0.05) is 18.3 Å². The second-order valence-electron chi connectivity index (χ2n) is 5.60. The van der Waals surface area contributed by atoms with Gasteiger partial charge in [0.25, 0.3) is 0 Å². The Morgan fingerprint density at radius 1 is 1.19 bits per heavy atom. The van der Waals surface area contributed by atoms with Gasteiger partial charge in [-0.2, -0.15) is 0 Å². The molecular formula is C17H19N3S. The van der Waals surface area contributed by atoms with Crippen molar-refractivity contribution in [3.05, 3.63) is 52.3 Å². The summed E-state index contributed by atoms with van der Waals surface area (Å²) in [5.74, 6) is 0. The molecule has 0 bridgehead atoms. The third kappa shape index (κ3) is 2.76. The van der Waals surface area contributed by atoms with E-state index in [4.69, 9.17) is 18.0 Å². The molecule has 0 amide bonds. The van der Waals surface area contributed by atoms with E-state index in [9.17, 15) is 0 Å². The first kappa shape index (κ1) is 14.0. The number of hydrogen-bond acceptors (Lipinski definition) is 3. The molecule has 1 aromatic heterocycles. The Hall–Kier alpha value is -1.94. The van der Waals surface area contributed by atoms with Crippen LogP contribution in [0, 0.1) is 13.8 Å². The van der Waals surface area contributed by atoms with E-state index in [1.54, 1.807) is 0 Å². The zero-order valence-corrected chi connectivity index (χ0v) is 13.2. The first-order valence-electron chi connectivity index (χ1n) is 7.21. The Morgan fingerprint density at radius 3 is 2.71 bits per heavy atom. The van der Waals surface area contributed by atoms with Crippen LogP contribution in [0.1, 0.15) is 34.5 Å². The van der Waals surface area contributed by atoms with Crippen molar-refractivity contribution in [3.63, 3.8) is 0 Å². The van der Waals surface area contributed by atoms with Crippen LogP contribution in [0.25, 0.3) is 0 Å². The van der Waals surface area contributed by atoms with Crippen LogP contribution < -0.4 is 11.1 Å². The van der Waals surface area contributed by atoms with Crippen LogP contribution in [0.15, 0.2) is 24.3 Å². The molecule has 3 nitrogen and oxygen atoms in total. The van der Waals surface area contributed by atoms with Crippen molar-refractivity contribution >= 4 is 28.6 Å². The summed E-state index contributed by atoms with van der Waals surface area (Å²) in [6.07, 6.45) is 3.62. The molecule has 0 saturated carbocycles. The molecule has 0 unspecified atom stereocenters. The minimum absolute atomic E-state index is 0.378. The number of nitrogens with zero attached hydrogens (tertiary/aromatic N) is 1. The molecule has 3 N–H and O–H groups in total. The summed E-state index contributed by atoms with van der Waals surface area (Å²) in [6, 6.07) is 8.57. The van der Waals surface area contributed by atoms with Crippen LogP contribution in [0.5, 0.6) is 0 Å². The summed E-state index contributed by atoms with van der Waals surface area (Å²) < 4.78 is 0. The second kappa shape index (κ2) is 5.45. The van der Waals surface area contributed by atoms with E-state index in [2.05, 4.69) is 28.5 Å². The van der Waals surface area contributed by atoms with Gasteiger partial charge in [0.05, 0.1) is 11.3 Å². The number of rotatable bonds is 3. The molecule has 3 rings (SSSR count). The maximum absolute atomic E-state index is 5.86. The summed E-state index contributed by atoms with van der Waals surface area (Å²) in [7, 11) is 0. The molecule has 21 heavy (non-hydrogen) atoms. The van der Waals surface area contributed by atoms with Crippen molar-refractivity contribution in [1.82, 2.24) is 4.98 Å². The monoisotopic (exact) mass is 297 g/mol. The highest BCUT2D eigenvalue weighted by atomic mass is 32.1. The van der Waals surface area contributed by atoms with E-state index in [1.165, 1.54) is 30.4 Å². The fourth-order valence-corrected chi connectivity index (χ4v) is 3.30. The van der Waals surface area contributed by atoms with Gasteiger partial charge in [-0.3, -0.25) is 4.98 Å². The highest BCUT2D eigenvalue weighted by Gasteiger charge is 2.14. The fraction of sp³-hybridized carbons (Fsp3) is 0.294. The minimum Gasteiger partial charge on any atom is -0.389 e. The highest BCUT2D eigenvalue weighted by molar-refractivity contribution is 7.80. The Balaban J connectivity index is 1.99. The summed E-state index contributed by atoms with van der Waals surface area (Å²) in [5, 5.41) is 3.46. The molecule has 0 aliphatic heterocycles. The number of hydrogen-bond donors (Lipinski definition) is 2. The third-order valence-electron chi connectivity index (χ3n) is 3.95. The first-order valence-corrected chi connectivity index (χ1v) is 7.62. The number of anilines is 2. The highest BCUT2D eigenvalue weighted by Crippen LogP contribution is 2.28. The van der Waals surface area contributed by atoms with E-state index >= 15 is 0 Å². The number of benzene rings is 1. The van der Waals surface area contributed by atoms with Crippen LogP contribution in [0.3, 0.4) is 0 Å². The van der Waals surface area contributed by atoms with Crippen molar-refractivity contribution in [2.24, 2.45) is 5.73 Å². The number of nitrogens with one attached hydrogen (secondary N) is 1. The molecule has 1 aromatic carbocycles. The number of fused-ring (bicyclic) bond motifs is 1. The van der Waals surface area contributed by atoms with Gasteiger partial charge in [-0.05, 0) is 62.4 Å². The van der Waals surface area contributed by atoms with Gasteiger partial charge in [0.1, 0.15) is 4.99 Å².